The van der Waals surface area contributed by atoms with Crippen molar-refractivity contribution in [3.8, 4) is 0 Å². The summed E-state index contributed by atoms with van der Waals surface area (Å²) in [5.41, 5.74) is -0.435. The standard InChI is InChI=1S/C10H16O3/c1-7-8(3-6-13-7)10(9(11)12)4-2-5-10/h7-8H,2-6H2,1H3,(H,11,12). The maximum Gasteiger partial charge on any atom is 0.310 e. The molecule has 1 aliphatic heterocycles. The second-order valence-corrected chi connectivity index (χ2v) is 4.29. The summed E-state index contributed by atoms with van der Waals surface area (Å²) in [6.07, 6.45) is 3.82. The van der Waals surface area contributed by atoms with E-state index >= 15 is 0 Å². The van der Waals surface area contributed by atoms with Crippen molar-refractivity contribution in [2.75, 3.05) is 6.61 Å². The van der Waals surface area contributed by atoms with Gasteiger partial charge in [0.15, 0.2) is 0 Å². The average Bonchev–Trinajstić information content (AvgIpc) is 2.34. The van der Waals surface area contributed by atoms with Gasteiger partial charge in [-0.3, -0.25) is 4.79 Å². The zero-order chi connectivity index (χ0) is 9.47. The number of hydrogen-bond acceptors (Lipinski definition) is 2. The fourth-order valence-corrected chi connectivity index (χ4v) is 2.76. The van der Waals surface area contributed by atoms with Gasteiger partial charge < -0.3 is 9.84 Å². The number of carbonyl (C=O) groups is 1. The lowest BCUT2D eigenvalue weighted by Crippen LogP contribution is -2.46. The van der Waals surface area contributed by atoms with Crippen LogP contribution >= 0.6 is 0 Å². The molecule has 2 fully saturated rings. The van der Waals surface area contributed by atoms with Crippen LogP contribution in [0.15, 0.2) is 0 Å². The molecule has 3 heteroatoms. The largest absolute Gasteiger partial charge is 0.481 e. The molecule has 2 unspecified atom stereocenters. The van der Waals surface area contributed by atoms with Gasteiger partial charge in [0, 0.05) is 12.5 Å². The van der Waals surface area contributed by atoms with Crippen LogP contribution in [0.4, 0.5) is 0 Å². The third-order valence-electron chi connectivity index (χ3n) is 3.76. The zero-order valence-electron chi connectivity index (χ0n) is 7.95. The van der Waals surface area contributed by atoms with Gasteiger partial charge in [-0.15, -0.1) is 0 Å². The Morgan fingerprint density at radius 2 is 2.23 bits per heavy atom. The lowest BCUT2D eigenvalue weighted by Gasteiger charge is -2.43. The van der Waals surface area contributed by atoms with Crippen LogP contribution in [-0.4, -0.2) is 23.8 Å². The Morgan fingerprint density at radius 1 is 1.54 bits per heavy atom. The lowest BCUT2D eigenvalue weighted by molar-refractivity contribution is -0.161. The zero-order valence-corrected chi connectivity index (χ0v) is 7.95. The van der Waals surface area contributed by atoms with Gasteiger partial charge in [-0.05, 0) is 26.2 Å². The van der Waals surface area contributed by atoms with E-state index in [2.05, 4.69) is 0 Å². The first-order chi connectivity index (χ1) is 6.17. The van der Waals surface area contributed by atoms with Gasteiger partial charge in [-0.25, -0.2) is 0 Å². The van der Waals surface area contributed by atoms with Crippen LogP contribution in [0.1, 0.15) is 32.6 Å². The van der Waals surface area contributed by atoms with E-state index in [1.807, 2.05) is 6.92 Å². The average molecular weight is 184 g/mol. The first-order valence-corrected chi connectivity index (χ1v) is 5.02. The molecule has 0 amide bonds. The topological polar surface area (TPSA) is 46.5 Å². The predicted octanol–water partition coefficient (Wildman–Crippen LogP) is 1.67. The van der Waals surface area contributed by atoms with Gasteiger partial charge in [0.2, 0.25) is 0 Å². The third-order valence-corrected chi connectivity index (χ3v) is 3.76. The minimum absolute atomic E-state index is 0.136. The number of carboxylic acids is 1. The van der Waals surface area contributed by atoms with E-state index in [1.54, 1.807) is 0 Å². The van der Waals surface area contributed by atoms with Gasteiger partial charge >= 0.3 is 5.97 Å². The molecule has 2 rings (SSSR count). The van der Waals surface area contributed by atoms with Crippen LogP contribution in [-0.2, 0) is 9.53 Å². The molecule has 1 aliphatic carbocycles. The van der Waals surface area contributed by atoms with Crippen molar-refractivity contribution in [2.24, 2.45) is 11.3 Å². The quantitative estimate of drug-likeness (QED) is 0.710. The van der Waals surface area contributed by atoms with Gasteiger partial charge in [-0.2, -0.15) is 0 Å². The highest BCUT2D eigenvalue weighted by atomic mass is 16.5. The Hall–Kier alpha value is -0.570. The van der Waals surface area contributed by atoms with E-state index in [0.717, 1.165) is 32.3 Å². The second-order valence-electron chi connectivity index (χ2n) is 4.29. The number of aliphatic carboxylic acids is 1. The van der Waals surface area contributed by atoms with Gasteiger partial charge in [0.1, 0.15) is 0 Å². The molecule has 3 nitrogen and oxygen atoms in total. The molecule has 0 aromatic rings. The number of hydrogen-bond donors (Lipinski definition) is 1. The molecule has 0 bridgehead atoms. The van der Waals surface area contributed by atoms with Crippen LogP contribution < -0.4 is 0 Å². The Bertz CT molecular complexity index is 220. The van der Waals surface area contributed by atoms with Crippen molar-refractivity contribution in [1.82, 2.24) is 0 Å². The van der Waals surface area contributed by atoms with Gasteiger partial charge in [-0.1, -0.05) is 6.42 Å². The summed E-state index contributed by atoms with van der Waals surface area (Å²) in [5.74, 6) is -0.361. The molecule has 0 aromatic carbocycles. The molecule has 2 atom stereocenters. The fraction of sp³-hybridized carbons (Fsp3) is 0.900. The Labute approximate surface area is 78.1 Å². The molecule has 1 saturated carbocycles. The SMILES string of the molecule is CC1OCCC1C1(C(=O)O)CCC1. The van der Waals surface area contributed by atoms with E-state index in [9.17, 15) is 9.90 Å². The minimum atomic E-state index is -0.610. The van der Waals surface area contributed by atoms with Crippen molar-refractivity contribution >= 4 is 5.97 Å². The van der Waals surface area contributed by atoms with Crippen molar-refractivity contribution in [3.63, 3.8) is 0 Å². The molecular formula is C10H16O3. The molecule has 0 aromatic heterocycles. The lowest BCUT2D eigenvalue weighted by atomic mass is 9.59. The van der Waals surface area contributed by atoms with Crippen LogP contribution in [0, 0.1) is 11.3 Å². The summed E-state index contributed by atoms with van der Waals surface area (Å²) in [5, 5.41) is 9.21. The highest BCUT2D eigenvalue weighted by Crippen LogP contribution is 2.51. The normalized spacial score (nSPS) is 37.0. The first kappa shape index (κ1) is 9.00. The Morgan fingerprint density at radius 3 is 2.54 bits per heavy atom. The summed E-state index contributed by atoms with van der Waals surface area (Å²) < 4.78 is 5.43. The van der Waals surface area contributed by atoms with Crippen molar-refractivity contribution in [1.29, 1.82) is 0 Å². The molecule has 74 valence electrons. The molecule has 1 saturated heterocycles. The number of rotatable bonds is 2. The fourth-order valence-electron chi connectivity index (χ4n) is 2.76. The molecular weight excluding hydrogens is 168 g/mol. The van der Waals surface area contributed by atoms with Crippen molar-refractivity contribution in [2.45, 2.75) is 38.7 Å². The third kappa shape index (κ3) is 1.17. The van der Waals surface area contributed by atoms with Gasteiger partial charge in [0.25, 0.3) is 0 Å². The predicted molar refractivity (Wildman–Crippen MR) is 47.4 cm³/mol. The molecule has 2 aliphatic rings. The Kier molecular flexibility index (Phi) is 2.06. The maximum atomic E-state index is 11.2. The number of ether oxygens (including phenoxy) is 1. The molecule has 0 radical (unpaired) electrons. The highest BCUT2D eigenvalue weighted by Gasteiger charge is 2.53. The van der Waals surface area contributed by atoms with Crippen molar-refractivity contribution in [3.05, 3.63) is 0 Å². The summed E-state index contributed by atoms with van der Waals surface area (Å²) in [6.45, 7) is 2.74. The van der Waals surface area contributed by atoms with E-state index < -0.39 is 11.4 Å². The smallest absolute Gasteiger partial charge is 0.310 e. The minimum Gasteiger partial charge on any atom is -0.481 e. The monoisotopic (exact) mass is 184 g/mol. The first-order valence-electron chi connectivity index (χ1n) is 5.02. The van der Waals surface area contributed by atoms with Crippen LogP contribution in [0.5, 0.6) is 0 Å². The summed E-state index contributed by atoms with van der Waals surface area (Å²) in [7, 11) is 0. The summed E-state index contributed by atoms with van der Waals surface area (Å²) in [6, 6.07) is 0. The van der Waals surface area contributed by atoms with Crippen LogP contribution in [0.3, 0.4) is 0 Å². The molecule has 1 N–H and O–H groups in total. The maximum absolute atomic E-state index is 11.2. The molecule has 13 heavy (non-hydrogen) atoms. The second kappa shape index (κ2) is 2.98. The highest BCUT2D eigenvalue weighted by molar-refractivity contribution is 5.76. The molecule has 0 spiro atoms. The summed E-state index contributed by atoms with van der Waals surface area (Å²) >= 11 is 0. The van der Waals surface area contributed by atoms with E-state index in [-0.39, 0.29) is 12.0 Å². The number of carboxylic acid groups (broad SMARTS) is 1. The van der Waals surface area contributed by atoms with E-state index in [0.29, 0.717) is 0 Å². The van der Waals surface area contributed by atoms with E-state index in [4.69, 9.17) is 4.74 Å². The summed E-state index contributed by atoms with van der Waals surface area (Å²) in [4.78, 5) is 11.2. The van der Waals surface area contributed by atoms with Crippen molar-refractivity contribution < 1.29 is 14.6 Å². The van der Waals surface area contributed by atoms with E-state index in [1.165, 1.54) is 0 Å². The van der Waals surface area contributed by atoms with Crippen LogP contribution in [0.25, 0.3) is 0 Å². The Balaban J connectivity index is 2.16. The molecule has 1 heterocycles. The van der Waals surface area contributed by atoms with Crippen LogP contribution in [0.2, 0.25) is 0 Å². The van der Waals surface area contributed by atoms with Gasteiger partial charge in [0.05, 0.1) is 11.5 Å².